The quantitative estimate of drug-likeness (QED) is 0.726. The smallest absolute Gasteiger partial charge is 0.226 e. The van der Waals surface area contributed by atoms with Crippen LogP contribution in [0.1, 0.15) is 61.8 Å². The molecule has 3 nitrogen and oxygen atoms in total. The van der Waals surface area contributed by atoms with Crippen LogP contribution >= 0.6 is 0 Å². The predicted octanol–water partition coefficient (Wildman–Crippen LogP) is 4.92. The van der Waals surface area contributed by atoms with Gasteiger partial charge in [-0.15, -0.1) is 0 Å². The van der Waals surface area contributed by atoms with Gasteiger partial charge in [-0.25, -0.2) is 0 Å². The predicted molar refractivity (Wildman–Crippen MR) is 105 cm³/mol. The van der Waals surface area contributed by atoms with E-state index in [1.54, 1.807) is 0 Å². The van der Waals surface area contributed by atoms with Gasteiger partial charge >= 0.3 is 0 Å². The molecule has 0 saturated heterocycles. The maximum atomic E-state index is 13.0. The minimum atomic E-state index is 0.303. The number of hydrogen-bond acceptors (Lipinski definition) is 1. The Morgan fingerprint density at radius 1 is 1.08 bits per heavy atom. The van der Waals surface area contributed by atoms with Crippen LogP contribution in [0.3, 0.4) is 0 Å². The number of amides is 1. The number of carbonyl (C=O) groups excluding carboxylic acids is 1. The molecule has 2 fully saturated rings. The Morgan fingerprint density at radius 2 is 1.88 bits per heavy atom. The van der Waals surface area contributed by atoms with Crippen LogP contribution in [0.5, 0.6) is 0 Å². The lowest BCUT2D eigenvalue weighted by molar-refractivity contribution is -0.136. The van der Waals surface area contributed by atoms with Crippen molar-refractivity contribution in [3.8, 4) is 0 Å². The van der Waals surface area contributed by atoms with Gasteiger partial charge in [-0.3, -0.25) is 4.79 Å². The average molecular weight is 351 g/mol. The summed E-state index contributed by atoms with van der Waals surface area (Å²) in [5.41, 5.74) is 3.87. The summed E-state index contributed by atoms with van der Waals surface area (Å²) in [7, 11) is 0. The number of aryl methyl sites for hydroxylation is 1. The largest absolute Gasteiger partial charge is 0.345 e. The van der Waals surface area contributed by atoms with E-state index in [9.17, 15) is 4.79 Å². The van der Waals surface area contributed by atoms with Crippen molar-refractivity contribution in [1.29, 1.82) is 0 Å². The summed E-state index contributed by atoms with van der Waals surface area (Å²) < 4.78 is 2.31. The Labute approximate surface area is 157 Å². The molecule has 1 aromatic carbocycles. The fraction of sp³-hybridized carbons (Fsp3) is 0.522. The molecule has 2 saturated carbocycles. The molecule has 0 radical (unpaired) electrons. The van der Waals surface area contributed by atoms with E-state index in [-0.39, 0.29) is 0 Å². The molecule has 0 aliphatic heterocycles. The highest BCUT2D eigenvalue weighted by Crippen LogP contribution is 2.34. The molecular formula is C23H30N2O. The highest BCUT2D eigenvalue weighted by Gasteiger charge is 2.36. The molecule has 1 aromatic heterocycles. The maximum absolute atomic E-state index is 13.0. The summed E-state index contributed by atoms with van der Waals surface area (Å²) >= 11 is 0. The van der Waals surface area contributed by atoms with Crippen molar-refractivity contribution in [3.05, 3.63) is 59.4 Å². The number of rotatable bonds is 6. The van der Waals surface area contributed by atoms with Gasteiger partial charge in [0.05, 0.1) is 6.54 Å². The Balaban J connectivity index is 1.52. The minimum Gasteiger partial charge on any atom is -0.345 e. The zero-order valence-electron chi connectivity index (χ0n) is 15.9. The molecule has 0 atom stereocenters. The number of hydrogen-bond donors (Lipinski definition) is 0. The zero-order valence-corrected chi connectivity index (χ0v) is 15.9. The first-order chi connectivity index (χ1) is 12.7. The average Bonchev–Trinajstić information content (AvgIpc) is 3.42. The molecule has 0 N–H and O–H groups in total. The molecule has 26 heavy (non-hydrogen) atoms. The Kier molecular flexibility index (Phi) is 5.14. The number of benzene rings is 1. The van der Waals surface area contributed by atoms with Crippen LogP contribution in [0, 0.1) is 12.8 Å². The van der Waals surface area contributed by atoms with Crippen molar-refractivity contribution in [2.75, 3.05) is 0 Å². The number of carbonyl (C=O) groups is 1. The minimum absolute atomic E-state index is 0.303. The SMILES string of the molecule is Cc1cccc(Cn2cccc2CN(C(=O)C2CC2)C2CCCCC2)c1. The third-order valence-corrected chi connectivity index (χ3v) is 5.92. The molecule has 3 heteroatoms. The lowest BCUT2D eigenvalue weighted by atomic mass is 9.93. The molecule has 4 rings (SSSR count). The van der Waals surface area contributed by atoms with E-state index in [1.165, 1.54) is 48.9 Å². The first-order valence-electron chi connectivity index (χ1n) is 10.2. The van der Waals surface area contributed by atoms with Gasteiger partial charge in [0, 0.05) is 30.4 Å². The molecule has 1 heterocycles. The third kappa shape index (κ3) is 4.03. The van der Waals surface area contributed by atoms with E-state index >= 15 is 0 Å². The van der Waals surface area contributed by atoms with Gasteiger partial charge in [0.1, 0.15) is 0 Å². The molecule has 138 valence electrons. The fourth-order valence-electron chi connectivity index (χ4n) is 4.27. The highest BCUT2D eigenvalue weighted by molar-refractivity contribution is 5.81. The highest BCUT2D eigenvalue weighted by atomic mass is 16.2. The van der Waals surface area contributed by atoms with E-state index in [1.807, 2.05) is 0 Å². The van der Waals surface area contributed by atoms with Crippen LogP contribution in [-0.2, 0) is 17.9 Å². The number of aromatic nitrogens is 1. The Morgan fingerprint density at radius 3 is 2.62 bits per heavy atom. The molecule has 0 bridgehead atoms. The van der Waals surface area contributed by atoms with Gasteiger partial charge in [0.25, 0.3) is 0 Å². The van der Waals surface area contributed by atoms with E-state index in [0.717, 1.165) is 25.9 Å². The Bertz CT molecular complexity index is 753. The molecule has 2 aliphatic rings. The van der Waals surface area contributed by atoms with Crippen molar-refractivity contribution < 1.29 is 4.79 Å². The summed E-state index contributed by atoms with van der Waals surface area (Å²) in [6, 6.07) is 13.4. The lowest BCUT2D eigenvalue weighted by Crippen LogP contribution is -2.42. The molecule has 1 amide bonds. The van der Waals surface area contributed by atoms with Crippen molar-refractivity contribution in [2.45, 2.75) is 71.0 Å². The van der Waals surface area contributed by atoms with E-state index in [2.05, 4.69) is 59.0 Å². The van der Waals surface area contributed by atoms with Crippen LogP contribution in [0.25, 0.3) is 0 Å². The topological polar surface area (TPSA) is 25.2 Å². The van der Waals surface area contributed by atoms with Crippen LogP contribution in [0.2, 0.25) is 0 Å². The van der Waals surface area contributed by atoms with Gasteiger partial charge in [-0.05, 0) is 50.3 Å². The Hall–Kier alpha value is -2.03. The first kappa shape index (κ1) is 17.4. The van der Waals surface area contributed by atoms with Gasteiger partial charge in [-0.1, -0.05) is 49.1 Å². The lowest BCUT2D eigenvalue weighted by Gasteiger charge is -2.35. The van der Waals surface area contributed by atoms with Gasteiger partial charge < -0.3 is 9.47 Å². The second-order valence-corrected chi connectivity index (χ2v) is 8.15. The summed E-state index contributed by atoms with van der Waals surface area (Å²) in [6.45, 7) is 3.78. The monoisotopic (exact) mass is 350 g/mol. The van der Waals surface area contributed by atoms with Crippen LogP contribution in [-0.4, -0.2) is 21.4 Å². The van der Waals surface area contributed by atoms with Crippen molar-refractivity contribution >= 4 is 5.91 Å². The van der Waals surface area contributed by atoms with E-state index < -0.39 is 0 Å². The summed E-state index contributed by atoms with van der Waals surface area (Å²) in [5.74, 6) is 0.706. The van der Waals surface area contributed by atoms with Crippen molar-refractivity contribution in [2.24, 2.45) is 5.92 Å². The van der Waals surface area contributed by atoms with E-state index in [4.69, 9.17) is 0 Å². The van der Waals surface area contributed by atoms with Crippen LogP contribution in [0.15, 0.2) is 42.6 Å². The molecule has 2 aliphatic carbocycles. The summed E-state index contributed by atoms with van der Waals surface area (Å²) in [4.78, 5) is 15.2. The summed E-state index contributed by atoms with van der Waals surface area (Å²) in [5, 5.41) is 0. The van der Waals surface area contributed by atoms with Gasteiger partial charge in [0.2, 0.25) is 5.91 Å². The van der Waals surface area contributed by atoms with Crippen molar-refractivity contribution in [1.82, 2.24) is 9.47 Å². The van der Waals surface area contributed by atoms with E-state index in [0.29, 0.717) is 17.9 Å². The number of nitrogens with zero attached hydrogens (tertiary/aromatic N) is 2. The molecule has 2 aromatic rings. The molecular weight excluding hydrogens is 320 g/mol. The normalized spacial score (nSPS) is 18.0. The zero-order chi connectivity index (χ0) is 17.9. The van der Waals surface area contributed by atoms with Crippen LogP contribution < -0.4 is 0 Å². The second-order valence-electron chi connectivity index (χ2n) is 8.15. The van der Waals surface area contributed by atoms with Gasteiger partial charge in [0.15, 0.2) is 0 Å². The van der Waals surface area contributed by atoms with Crippen molar-refractivity contribution in [3.63, 3.8) is 0 Å². The fourth-order valence-corrected chi connectivity index (χ4v) is 4.27. The van der Waals surface area contributed by atoms with Crippen LogP contribution in [0.4, 0.5) is 0 Å². The summed E-state index contributed by atoms with van der Waals surface area (Å²) in [6.07, 6.45) is 10.5. The standard InChI is InChI=1S/C23H30N2O/c1-18-7-5-8-19(15-18)16-24-14-6-11-22(24)17-25(23(26)20-12-13-20)21-9-3-2-4-10-21/h5-8,11,14-15,20-21H,2-4,9-10,12-13,16-17H2,1H3. The molecule has 0 spiro atoms. The second kappa shape index (κ2) is 7.69. The van der Waals surface area contributed by atoms with Gasteiger partial charge in [-0.2, -0.15) is 0 Å². The molecule has 0 unspecified atom stereocenters. The third-order valence-electron chi connectivity index (χ3n) is 5.92. The maximum Gasteiger partial charge on any atom is 0.226 e. The first-order valence-corrected chi connectivity index (χ1v) is 10.2.